The molecule has 5 nitrogen and oxygen atoms in total. The lowest BCUT2D eigenvalue weighted by molar-refractivity contribution is 0.309. The van der Waals surface area contributed by atoms with Gasteiger partial charge in [0, 0.05) is 0 Å². The smallest absolute Gasteiger partial charge is 0.333 e. The van der Waals surface area contributed by atoms with E-state index in [2.05, 4.69) is 11.9 Å². The average Bonchev–Trinajstić information content (AvgIpc) is 2.56. The number of ether oxygens (including phenoxy) is 1. The van der Waals surface area contributed by atoms with Gasteiger partial charge < -0.3 is 9.72 Å². The van der Waals surface area contributed by atoms with Crippen molar-refractivity contribution in [2.45, 2.75) is 19.8 Å². The van der Waals surface area contributed by atoms with Crippen LogP contribution in [0.4, 0.5) is 0 Å². The van der Waals surface area contributed by atoms with Gasteiger partial charge in [0.2, 0.25) is 0 Å². The van der Waals surface area contributed by atoms with Crippen molar-refractivity contribution in [3.8, 4) is 11.4 Å². The van der Waals surface area contributed by atoms with Crippen molar-refractivity contribution in [3.63, 3.8) is 0 Å². The second kappa shape index (κ2) is 6.52. The highest BCUT2D eigenvalue weighted by Crippen LogP contribution is 2.14. The predicted octanol–water partition coefficient (Wildman–Crippen LogP) is 2.86. The maximum absolute atomic E-state index is 12.6. The molecule has 0 amide bonds. The zero-order valence-corrected chi connectivity index (χ0v) is 12.9. The van der Waals surface area contributed by atoms with Crippen LogP contribution >= 0.6 is 0 Å². The van der Waals surface area contributed by atoms with Gasteiger partial charge in [-0.3, -0.25) is 4.79 Å². The van der Waals surface area contributed by atoms with Crippen LogP contribution in [0.1, 0.15) is 19.8 Å². The molecule has 118 valence electrons. The highest BCUT2D eigenvalue weighted by atomic mass is 16.5. The summed E-state index contributed by atoms with van der Waals surface area (Å²) in [6.45, 7) is 2.76. The van der Waals surface area contributed by atoms with Gasteiger partial charge in [0.05, 0.1) is 23.2 Å². The summed E-state index contributed by atoms with van der Waals surface area (Å²) in [5.74, 6) is 0.729. The fourth-order valence-corrected chi connectivity index (χ4v) is 2.42. The Balaban J connectivity index is 2.00. The van der Waals surface area contributed by atoms with Crippen molar-refractivity contribution >= 4 is 10.9 Å². The molecule has 0 aliphatic heterocycles. The summed E-state index contributed by atoms with van der Waals surface area (Å²) in [4.78, 5) is 27.5. The molecule has 0 aliphatic rings. The first-order valence-electron chi connectivity index (χ1n) is 7.68. The van der Waals surface area contributed by atoms with E-state index < -0.39 is 5.69 Å². The van der Waals surface area contributed by atoms with Gasteiger partial charge in [0.25, 0.3) is 5.56 Å². The van der Waals surface area contributed by atoms with Crippen LogP contribution in [0, 0.1) is 0 Å². The molecule has 0 radical (unpaired) electrons. The number of hydrogen-bond donors (Lipinski definition) is 1. The lowest BCUT2D eigenvalue weighted by Crippen LogP contribution is -2.33. The number of benzene rings is 2. The molecule has 0 saturated carbocycles. The van der Waals surface area contributed by atoms with Gasteiger partial charge in [-0.1, -0.05) is 25.5 Å². The second-order valence-electron chi connectivity index (χ2n) is 5.31. The van der Waals surface area contributed by atoms with Crippen molar-refractivity contribution in [1.29, 1.82) is 0 Å². The quantitative estimate of drug-likeness (QED) is 0.737. The molecule has 0 unspecified atom stereocenters. The Labute approximate surface area is 133 Å². The Morgan fingerprint density at radius 1 is 1.04 bits per heavy atom. The van der Waals surface area contributed by atoms with Crippen molar-refractivity contribution in [2.75, 3.05) is 6.61 Å². The Kier molecular flexibility index (Phi) is 4.28. The zero-order chi connectivity index (χ0) is 16.2. The molecule has 5 heteroatoms. The van der Waals surface area contributed by atoms with Gasteiger partial charge in [0.1, 0.15) is 5.75 Å². The molecule has 23 heavy (non-hydrogen) atoms. The number of nitrogens with one attached hydrogen (secondary N) is 1. The summed E-state index contributed by atoms with van der Waals surface area (Å²) in [5, 5.41) is 0.482. The van der Waals surface area contributed by atoms with Crippen molar-refractivity contribution in [2.24, 2.45) is 0 Å². The molecule has 0 saturated heterocycles. The Bertz CT molecular complexity index is 923. The number of para-hydroxylation sites is 1. The molecule has 1 aromatic heterocycles. The lowest BCUT2D eigenvalue weighted by Gasteiger charge is -2.08. The van der Waals surface area contributed by atoms with Gasteiger partial charge in [-0.15, -0.1) is 0 Å². The molecule has 1 N–H and O–H groups in total. The van der Waals surface area contributed by atoms with Gasteiger partial charge >= 0.3 is 5.69 Å². The van der Waals surface area contributed by atoms with E-state index in [1.54, 1.807) is 48.5 Å². The highest BCUT2D eigenvalue weighted by Gasteiger charge is 2.09. The van der Waals surface area contributed by atoms with Crippen molar-refractivity contribution in [3.05, 3.63) is 69.4 Å². The second-order valence-corrected chi connectivity index (χ2v) is 5.31. The van der Waals surface area contributed by atoms with E-state index in [9.17, 15) is 9.59 Å². The summed E-state index contributed by atoms with van der Waals surface area (Å²) in [6, 6.07) is 13.9. The largest absolute Gasteiger partial charge is 0.494 e. The van der Waals surface area contributed by atoms with Crippen LogP contribution in [-0.4, -0.2) is 16.2 Å². The van der Waals surface area contributed by atoms with E-state index in [4.69, 9.17) is 4.74 Å². The molecular formula is C18H18N2O3. The molecule has 3 aromatic rings. The Hall–Kier alpha value is -2.82. The summed E-state index contributed by atoms with van der Waals surface area (Å²) in [5.41, 5.74) is 0.278. The fraction of sp³-hybridized carbons (Fsp3) is 0.222. The van der Waals surface area contributed by atoms with E-state index in [1.807, 2.05) is 0 Å². The van der Waals surface area contributed by atoms with Gasteiger partial charge in [-0.05, 0) is 42.8 Å². The maximum atomic E-state index is 12.6. The third kappa shape index (κ3) is 3.04. The van der Waals surface area contributed by atoms with Crippen LogP contribution in [0.3, 0.4) is 0 Å². The van der Waals surface area contributed by atoms with Crippen LogP contribution in [0.15, 0.2) is 58.1 Å². The van der Waals surface area contributed by atoms with Crippen LogP contribution in [0.5, 0.6) is 5.75 Å². The standard InChI is InChI=1S/C18H18N2O3/c1-2-3-12-23-14-10-8-13(9-11-14)20-17(21)15-6-4-5-7-16(15)19-18(20)22/h4-11H,2-3,12H2,1H3,(H,19,22). The SMILES string of the molecule is CCCCOc1ccc(-n2c(=O)[nH]c3ccccc3c2=O)cc1. The molecule has 3 rings (SSSR count). The maximum Gasteiger partial charge on any atom is 0.333 e. The summed E-state index contributed by atoms with van der Waals surface area (Å²) in [6.07, 6.45) is 2.06. The molecule has 2 aromatic carbocycles. The molecule has 0 aliphatic carbocycles. The highest BCUT2D eigenvalue weighted by molar-refractivity contribution is 5.77. The summed E-state index contributed by atoms with van der Waals surface area (Å²) in [7, 11) is 0. The molecule has 1 heterocycles. The lowest BCUT2D eigenvalue weighted by atomic mass is 10.2. The van der Waals surface area contributed by atoms with Crippen LogP contribution < -0.4 is 16.0 Å². The molecule has 0 bridgehead atoms. The molecular weight excluding hydrogens is 292 g/mol. The number of rotatable bonds is 5. The number of hydrogen-bond acceptors (Lipinski definition) is 3. The van der Waals surface area contributed by atoms with Gasteiger partial charge in [0.15, 0.2) is 0 Å². The average molecular weight is 310 g/mol. The predicted molar refractivity (Wildman–Crippen MR) is 90.6 cm³/mol. The fourth-order valence-electron chi connectivity index (χ4n) is 2.42. The summed E-state index contributed by atoms with van der Waals surface area (Å²) < 4.78 is 6.73. The van der Waals surface area contributed by atoms with E-state index in [0.29, 0.717) is 23.2 Å². The number of aromatic amines is 1. The first kappa shape index (κ1) is 15.1. The van der Waals surface area contributed by atoms with Gasteiger partial charge in [-0.2, -0.15) is 0 Å². The van der Waals surface area contributed by atoms with Gasteiger partial charge in [-0.25, -0.2) is 9.36 Å². The van der Waals surface area contributed by atoms with E-state index >= 15 is 0 Å². The number of aromatic nitrogens is 2. The minimum Gasteiger partial charge on any atom is -0.494 e. The van der Waals surface area contributed by atoms with E-state index in [1.165, 1.54) is 0 Å². The van der Waals surface area contributed by atoms with E-state index in [0.717, 1.165) is 23.2 Å². The minimum absolute atomic E-state index is 0.330. The topological polar surface area (TPSA) is 64.1 Å². The summed E-state index contributed by atoms with van der Waals surface area (Å²) >= 11 is 0. The minimum atomic E-state index is -0.451. The zero-order valence-electron chi connectivity index (χ0n) is 12.9. The number of fused-ring (bicyclic) bond motifs is 1. The first-order valence-corrected chi connectivity index (χ1v) is 7.68. The van der Waals surface area contributed by atoms with Crippen molar-refractivity contribution in [1.82, 2.24) is 9.55 Å². The third-order valence-corrected chi connectivity index (χ3v) is 3.67. The molecule has 0 fully saturated rings. The monoisotopic (exact) mass is 310 g/mol. The third-order valence-electron chi connectivity index (χ3n) is 3.67. The van der Waals surface area contributed by atoms with Crippen molar-refractivity contribution < 1.29 is 4.74 Å². The van der Waals surface area contributed by atoms with E-state index in [-0.39, 0.29) is 5.56 Å². The number of nitrogens with zero attached hydrogens (tertiary/aromatic N) is 1. The number of H-pyrrole nitrogens is 1. The number of unbranched alkanes of at least 4 members (excludes halogenated alkanes) is 1. The van der Waals surface area contributed by atoms with Crippen LogP contribution in [0.2, 0.25) is 0 Å². The first-order chi connectivity index (χ1) is 11.2. The van der Waals surface area contributed by atoms with Crippen LogP contribution in [0.25, 0.3) is 16.6 Å². The normalized spacial score (nSPS) is 10.8. The molecule has 0 atom stereocenters. The molecule has 0 spiro atoms. The van der Waals surface area contributed by atoms with Crippen LogP contribution in [-0.2, 0) is 0 Å². The Morgan fingerprint density at radius 3 is 2.52 bits per heavy atom. The Morgan fingerprint density at radius 2 is 1.78 bits per heavy atom.